The van der Waals surface area contributed by atoms with E-state index in [1.807, 2.05) is 22.7 Å². The van der Waals surface area contributed by atoms with E-state index in [1.54, 1.807) is 0 Å². The summed E-state index contributed by atoms with van der Waals surface area (Å²) in [6, 6.07) is 54.2. The van der Waals surface area contributed by atoms with Crippen LogP contribution in [-0.4, -0.2) is 5.84 Å². The Bertz CT molecular complexity index is 3010. The summed E-state index contributed by atoms with van der Waals surface area (Å²) in [7, 11) is 0. The number of hydrogen-bond donors (Lipinski definition) is 2. The van der Waals surface area contributed by atoms with E-state index < -0.39 is 0 Å². The summed E-state index contributed by atoms with van der Waals surface area (Å²) in [6.07, 6.45) is -0.369. The SMILES string of the molecule is c1ccc(C2N=C(c3ccc4oc5ccc(-c6cccc7c6sc6ccccc67)cc5c4c3)NC(c3cccc4c3sc3ccccc34)N2)cc1. The number of thiophene rings is 2. The highest BCUT2D eigenvalue weighted by Gasteiger charge is 2.27. The minimum atomic E-state index is -0.220. The van der Waals surface area contributed by atoms with E-state index in [4.69, 9.17) is 9.41 Å². The molecule has 0 aliphatic carbocycles. The van der Waals surface area contributed by atoms with E-state index in [1.165, 1.54) is 57.0 Å². The third-order valence-electron chi connectivity index (χ3n) is 10.2. The maximum Gasteiger partial charge on any atom is 0.135 e. The molecule has 1 aliphatic heterocycles. The Morgan fingerprint density at radius 3 is 1.88 bits per heavy atom. The Hall–Kier alpha value is -5.79. The first-order valence-electron chi connectivity index (χ1n) is 17.2. The number of furan rings is 1. The molecule has 7 aromatic carbocycles. The summed E-state index contributed by atoms with van der Waals surface area (Å²) in [4.78, 5) is 5.28. The molecule has 4 heterocycles. The Labute approximate surface area is 301 Å². The van der Waals surface area contributed by atoms with Crippen LogP contribution >= 0.6 is 22.7 Å². The van der Waals surface area contributed by atoms with Crippen LogP contribution in [0.5, 0.6) is 0 Å². The summed E-state index contributed by atoms with van der Waals surface area (Å²) in [6.45, 7) is 0. The van der Waals surface area contributed by atoms with Crippen LogP contribution in [0.2, 0.25) is 0 Å². The molecule has 2 atom stereocenters. The average Bonchev–Trinajstić information content (AvgIpc) is 3.89. The van der Waals surface area contributed by atoms with Crippen LogP contribution in [0.1, 0.15) is 29.0 Å². The minimum Gasteiger partial charge on any atom is -0.456 e. The highest BCUT2D eigenvalue weighted by molar-refractivity contribution is 7.26. The van der Waals surface area contributed by atoms with Crippen LogP contribution in [0.15, 0.2) is 161 Å². The molecule has 4 nitrogen and oxygen atoms in total. The van der Waals surface area contributed by atoms with Crippen molar-refractivity contribution in [2.24, 2.45) is 4.99 Å². The fraction of sp³-hybridized carbons (Fsp3) is 0.0444. The minimum absolute atomic E-state index is 0.148. The van der Waals surface area contributed by atoms with E-state index in [9.17, 15) is 0 Å². The Balaban J connectivity index is 1.04. The van der Waals surface area contributed by atoms with Gasteiger partial charge in [0, 0.05) is 62.2 Å². The lowest BCUT2D eigenvalue weighted by Gasteiger charge is -2.32. The number of aliphatic imine (C=N–C) groups is 1. The van der Waals surface area contributed by atoms with E-state index in [0.717, 1.165) is 38.9 Å². The third-order valence-corrected chi connectivity index (χ3v) is 12.6. The van der Waals surface area contributed by atoms with Crippen molar-refractivity contribution >= 4 is 90.8 Å². The molecule has 0 spiro atoms. The molecule has 2 N–H and O–H groups in total. The number of amidine groups is 1. The van der Waals surface area contributed by atoms with Gasteiger partial charge in [0.1, 0.15) is 29.3 Å². The Kier molecular flexibility index (Phi) is 6.46. The number of rotatable bonds is 4. The van der Waals surface area contributed by atoms with Gasteiger partial charge >= 0.3 is 0 Å². The van der Waals surface area contributed by atoms with E-state index >= 15 is 0 Å². The number of benzene rings is 7. The summed E-state index contributed by atoms with van der Waals surface area (Å²) in [5, 5.41) is 15.0. The molecule has 0 bridgehead atoms. The summed E-state index contributed by atoms with van der Waals surface area (Å²) >= 11 is 3.71. The van der Waals surface area contributed by atoms with Crippen molar-refractivity contribution in [2.45, 2.75) is 12.3 Å². The molecular formula is C45H29N3OS2. The average molecular weight is 692 g/mol. The van der Waals surface area contributed by atoms with Crippen molar-refractivity contribution in [1.82, 2.24) is 10.6 Å². The normalized spacial score (nSPS) is 16.4. The van der Waals surface area contributed by atoms with Crippen LogP contribution in [0.3, 0.4) is 0 Å². The molecule has 0 amide bonds. The Morgan fingerprint density at radius 2 is 1.12 bits per heavy atom. The number of nitrogens with one attached hydrogen (secondary N) is 2. The van der Waals surface area contributed by atoms with Gasteiger partial charge in [-0.15, -0.1) is 22.7 Å². The largest absolute Gasteiger partial charge is 0.456 e. The maximum absolute atomic E-state index is 6.41. The fourth-order valence-electron chi connectivity index (χ4n) is 7.73. The van der Waals surface area contributed by atoms with Crippen LogP contribution < -0.4 is 10.6 Å². The predicted molar refractivity (Wildman–Crippen MR) is 216 cm³/mol. The van der Waals surface area contributed by atoms with Crippen molar-refractivity contribution in [1.29, 1.82) is 0 Å². The Morgan fingerprint density at radius 1 is 0.510 bits per heavy atom. The van der Waals surface area contributed by atoms with E-state index in [2.05, 4.69) is 162 Å². The molecule has 11 rings (SSSR count). The van der Waals surface area contributed by atoms with Crippen LogP contribution in [0.4, 0.5) is 0 Å². The first-order valence-corrected chi connectivity index (χ1v) is 18.8. The van der Waals surface area contributed by atoms with Gasteiger partial charge in [-0.25, -0.2) is 4.99 Å². The van der Waals surface area contributed by atoms with Gasteiger partial charge in [0.15, 0.2) is 0 Å². The van der Waals surface area contributed by atoms with Gasteiger partial charge < -0.3 is 9.73 Å². The lowest BCUT2D eigenvalue weighted by molar-refractivity contribution is 0.411. The number of nitrogens with zero attached hydrogens (tertiary/aromatic N) is 1. The summed E-state index contributed by atoms with van der Waals surface area (Å²) in [5.74, 6) is 0.855. The van der Waals surface area contributed by atoms with E-state index in [0.29, 0.717) is 0 Å². The van der Waals surface area contributed by atoms with Crippen molar-refractivity contribution in [3.05, 3.63) is 168 Å². The smallest absolute Gasteiger partial charge is 0.135 e. The molecule has 3 aromatic heterocycles. The maximum atomic E-state index is 6.41. The molecule has 242 valence electrons. The van der Waals surface area contributed by atoms with Gasteiger partial charge in [0.2, 0.25) is 0 Å². The topological polar surface area (TPSA) is 49.6 Å². The van der Waals surface area contributed by atoms with Crippen molar-refractivity contribution in [3.63, 3.8) is 0 Å². The van der Waals surface area contributed by atoms with Gasteiger partial charge in [-0.2, -0.15) is 0 Å². The third kappa shape index (κ3) is 4.65. The zero-order valence-corrected chi connectivity index (χ0v) is 28.9. The van der Waals surface area contributed by atoms with Gasteiger partial charge in [0.05, 0.1) is 0 Å². The van der Waals surface area contributed by atoms with E-state index in [-0.39, 0.29) is 12.3 Å². The predicted octanol–water partition coefficient (Wildman–Crippen LogP) is 12.3. The van der Waals surface area contributed by atoms with Crippen LogP contribution in [0.25, 0.3) is 73.4 Å². The highest BCUT2D eigenvalue weighted by Crippen LogP contribution is 2.42. The molecule has 51 heavy (non-hydrogen) atoms. The highest BCUT2D eigenvalue weighted by atomic mass is 32.1. The second-order valence-corrected chi connectivity index (χ2v) is 15.3. The monoisotopic (exact) mass is 691 g/mol. The van der Waals surface area contributed by atoms with Crippen molar-refractivity contribution < 1.29 is 4.42 Å². The molecule has 0 radical (unpaired) electrons. The second-order valence-electron chi connectivity index (χ2n) is 13.2. The molecule has 0 fully saturated rings. The molecule has 2 unspecified atom stereocenters. The number of fused-ring (bicyclic) bond motifs is 9. The lowest BCUT2D eigenvalue weighted by Crippen LogP contribution is -2.45. The molecule has 10 aromatic rings. The molecule has 1 aliphatic rings. The fourth-order valence-corrected chi connectivity index (χ4v) is 10.2. The molecule has 6 heteroatoms. The second kappa shape index (κ2) is 11.4. The number of hydrogen-bond acceptors (Lipinski definition) is 6. The van der Waals surface area contributed by atoms with Crippen LogP contribution in [0, 0.1) is 0 Å². The quantitative estimate of drug-likeness (QED) is 0.193. The van der Waals surface area contributed by atoms with Crippen LogP contribution in [-0.2, 0) is 0 Å². The molecular weight excluding hydrogens is 663 g/mol. The summed E-state index contributed by atoms with van der Waals surface area (Å²) in [5.41, 5.74) is 7.55. The zero-order valence-electron chi connectivity index (χ0n) is 27.3. The van der Waals surface area contributed by atoms with Gasteiger partial charge in [-0.3, -0.25) is 5.32 Å². The van der Waals surface area contributed by atoms with Crippen molar-refractivity contribution in [2.75, 3.05) is 0 Å². The zero-order chi connectivity index (χ0) is 33.5. The van der Waals surface area contributed by atoms with Gasteiger partial charge in [0.25, 0.3) is 0 Å². The lowest BCUT2D eigenvalue weighted by atomic mass is 10.00. The first kappa shape index (κ1) is 29.0. The van der Waals surface area contributed by atoms with Gasteiger partial charge in [-0.05, 0) is 59.2 Å². The van der Waals surface area contributed by atoms with Gasteiger partial charge in [-0.1, -0.05) is 109 Å². The van der Waals surface area contributed by atoms with Crippen molar-refractivity contribution in [3.8, 4) is 11.1 Å². The first-order chi connectivity index (χ1) is 25.2. The standard InChI is InChI=1S/C45H29N3OS2/c1-2-10-26(11-3-1)43-46-44(48-45(47-43)34-17-9-16-33-31-13-5-7-19-40(31)51-42(33)34)28-21-23-38-36(25-28)35-24-27(20-22-37(35)49-38)29-14-8-15-32-30-12-4-6-18-39(30)50-41(29)32/h1-25,43,45,47H,(H,46,48). The molecule has 0 saturated carbocycles. The summed E-state index contributed by atoms with van der Waals surface area (Å²) < 4.78 is 11.6. The molecule has 0 saturated heterocycles.